The van der Waals surface area contributed by atoms with E-state index in [0.717, 1.165) is 38.2 Å². The predicted molar refractivity (Wildman–Crippen MR) is 132 cm³/mol. The second-order valence-corrected chi connectivity index (χ2v) is 9.01. The highest BCUT2D eigenvalue weighted by molar-refractivity contribution is 5.47. The van der Waals surface area contributed by atoms with Crippen LogP contribution in [0, 0.1) is 17.3 Å². The summed E-state index contributed by atoms with van der Waals surface area (Å²) in [4.78, 5) is 15.4. The van der Waals surface area contributed by atoms with Crippen LogP contribution >= 0.6 is 0 Å². The van der Waals surface area contributed by atoms with Gasteiger partial charge in [0.1, 0.15) is 23.7 Å². The maximum Gasteiger partial charge on any atom is 0.216 e. The van der Waals surface area contributed by atoms with E-state index in [9.17, 15) is 5.11 Å². The summed E-state index contributed by atoms with van der Waals surface area (Å²) in [5, 5.41) is 9.97. The number of ether oxygens (including phenoxy) is 2. The van der Waals surface area contributed by atoms with Gasteiger partial charge in [-0.15, -0.1) is 0 Å². The minimum absolute atomic E-state index is 0.0670. The van der Waals surface area contributed by atoms with Gasteiger partial charge in [0.15, 0.2) is 5.82 Å². The van der Waals surface area contributed by atoms with Crippen molar-refractivity contribution in [1.82, 2.24) is 15.0 Å². The topological polar surface area (TPSA) is 107 Å². The number of nitrogens with zero attached hydrogens (tertiary/aromatic N) is 4. The van der Waals surface area contributed by atoms with E-state index in [1.165, 1.54) is 11.1 Å². The molecule has 0 amide bonds. The molecule has 8 nitrogen and oxygen atoms in total. The zero-order valence-electron chi connectivity index (χ0n) is 19.8. The molecule has 8 heteroatoms. The second-order valence-electron chi connectivity index (χ2n) is 9.01. The number of fused-ring (bicyclic) bond motifs is 1. The summed E-state index contributed by atoms with van der Waals surface area (Å²) in [5.74, 6) is 7.72. The zero-order chi connectivity index (χ0) is 24.3. The Labute approximate surface area is 205 Å². The van der Waals surface area contributed by atoms with Gasteiger partial charge in [-0.25, -0.2) is 15.0 Å². The summed E-state index contributed by atoms with van der Waals surface area (Å²) in [6, 6.07) is 12.0. The molecule has 1 spiro atoms. The number of aromatic nitrogens is 3. The minimum Gasteiger partial charge on any atom is -0.481 e. The monoisotopic (exact) mass is 471 g/mol. The Balaban J connectivity index is 1.22. The number of pyridine rings is 1. The van der Waals surface area contributed by atoms with Crippen LogP contribution in [0.5, 0.6) is 11.6 Å². The average Bonchev–Trinajstić information content (AvgIpc) is 3.18. The molecule has 0 bridgehead atoms. The molecule has 1 aromatic carbocycles. The summed E-state index contributed by atoms with van der Waals surface area (Å²) < 4.78 is 10.7. The van der Waals surface area contributed by atoms with Crippen molar-refractivity contribution in [3.05, 3.63) is 71.3 Å². The van der Waals surface area contributed by atoms with Gasteiger partial charge in [0, 0.05) is 31.4 Å². The molecular formula is C27H29N5O3. The highest BCUT2D eigenvalue weighted by Gasteiger charge is 2.46. The standard InChI is InChI=1S/C27H29N5O3/c1-34-24-15-21(8-11-29-24)35-14-4-6-20-17-30-26(23(18-33)31-20)32-12-9-27(10-13-32)16-19-5-2-3-7-22(19)25(27)28/h2-3,5,7-8,11,15,17,25,33H,9-10,12-14,16,18,28H2,1H3/t25-/m1/s1. The first-order valence-electron chi connectivity index (χ1n) is 11.8. The third-order valence-corrected chi connectivity index (χ3v) is 7.07. The first kappa shape index (κ1) is 23.1. The number of rotatable bonds is 5. The molecule has 1 atom stereocenters. The van der Waals surface area contributed by atoms with Gasteiger partial charge in [-0.2, -0.15) is 0 Å². The van der Waals surface area contributed by atoms with Gasteiger partial charge in [0.2, 0.25) is 5.88 Å². The van der Waals surface area contributed by atoms with E-state index in [1.807, 2.05) is 0 Å². The average molecular weight is 472 g/mol. The Hall–Kier alpha value is -3.67. The van der Waals surface area contributed by atoms with E-state index < -0.39 is 0 Å². The second kappa shape index (κ2) is 9.90. The SMILES string of the molecule is COc1cc(OCC#Cc2cnc(N3CCC4(CC3)Cc3ccccc3[C@H]4N)c(CO)n2)ccn1. The zero-order valence-corrected chi connectivity index (χ0v) is 19.8. The third-order valence-electron chi connectivity index (χ3n) is 7.07. The number of benzene rings is 1. The molecule has 5 rings (SSSR count). The van der Waals surface area contributed by atoms with Crippen LogP contribution in [0.2, 0.25) is 0 Å². The number of nitrogens with two attached hydrogens (primary N) is 1. The van der Waals surface area contributed by atoms with Crippen LogP contribution in [0.4, 0.5) is 5.82 Å². The predicted octanol–water partition coefficient (Wildman–Crippen LogP) is 2.65. The number of hydrogen-bond acceptors (Lipinski definition) is 8. The molecule has 0 unspecified atom stereocenters. The van der Waals surface area contributed by atoms with Crippen LogP contribution in [0.15, 0.2) is 48.8 Å². The fourth-order valence-corrected chi connectivity index (χ4v) is 5.16. The molecule has 1 aliphatic heterocycles. The molecule has 3 aromatic rings. The molecule has 1 saturated heterocycles. The Kier molecular flexibility index (Phi) is 6.53. The summed E-state index contributed by atoms with van der Waals surface area (Å²) >= 11 is 0. The van der Waals surface area contributed by atoms with Crippen molar-refractivity contribution >= 4 is 5.82 Å². The van der Waals surface area contributed by atoms with Crippen molar-refractivity contribution in [2.45, 2.75) is 31.9 Å². The van der Waals surface area contributed by atoms with Crippen LogP contribution in [0.3, 0.4) is 0 Å². The Morgan fingerprint density at radius 3 is 2.80 bits per heavy atom. The van der Waals surface area contributed by atoms with E-state index in [4.69, 9.17) is 15.2 Å². The molecule has 0 saturated carbocycles. The summed E-state index contributed by atoms with van der Waals surface area (Å²) in [6.07, 6.45) is 6.25. The van der Waals surface area contributed by atoms with Crippen LogP contribution < -0.4 is 20.1 Å². The van der Waals surface area contributed by atoms with Crippen molar-refractivity contribution in [2.75, 3.05) is 31.7 Å². The van der Waals surface area contributed by atoms with Gasteiger partial charge in [-0.05, 0) is 47.8 Å². The highest BCUT2D eigenvalue weighted by atomic mass is 16.5. The largest absolute Gasteiger partial charge is 0.481 e. The number of methoxy groups -OCH3 is 1. The summed E-state index contributed by atoms with van der Waals surface area (Å²) in [7, 11) is 1.55. The minimum atomic E-state index is -0.197. The first-order chi connectivity index (χ1) is 17.1. The summed E-state index contributed by atoms with van der Waals surface area (Å²) in [6.45, 7) is 1.65. The van der Waals surface area contributed by atoms with Crippen LogP contribution in [-0.4, -0.2) is 46.9 Å². The number of aliphatic hydroxyl groups is 1. The van der Waals surface area contributed by atoms with Gasteiger partial charge in [-0.3, -0.25) is 0 Å². The molecule has 1 aliphatic carbocycles. The number of hydrogen-bond donors (Lipinski definition) is 2. The Morgan fingerprint density at radius 2 is 2.03 bits per heavy atom. The molecular weight excluding hydrogens is 442 g/mol. The molecule has 35 heavy (non-hydrogen) atoms. The Bertz CT molecular complexity index is 1260. The van der Waals surface area contributed by atoms with Crippen molar-refractivity contribution in [3.63, 3.8) is 0 Å². The number of aliphatic hydroxyl groups excluding tert-OH is 1. The van der Waals surface area contributed by atoms with Crippen LogP contribution in [0.25, 0.3) is 0 Å². The lowest BCUT2D eigenvalue weighted by Crippen LogP contribution is -2.45. The molecule has 3 N–H and O–H groups in total. The van der Waals surface area contributed by atoms with E-state index in [-0.39, 0.29) is 24.7 Å². The summed E-state index contributed by atoms with van der Waals surface area (Å²) in [5.41, 5.74) is 10.5. The van der Waals surface area contributed by atoms with Gasteiger partial charge in [0.25, 0.3) is 0 Å². The van der Waals surface area contributed by atoms with E-state index >= 15 is 0 Å². The maximum atomic E-state index is 9.97. The van der Waals surface area contributed by atoms with Gasteiger partial charge >= 0.3 is 0 Å². The molecule has 2 aromatic heterocycles. The van der Waals surface area contributed by atoms with E-state index in [1.54, 1.807) is 31.6 Å². The smallest absolute Gasteiger partial charge is 0.216 e. The lowest BCUT2D eigenvalue weighted by Gasteiger charge is -2.42. The molecule has 2 aliphatic rings. The highest BCUT2D eigenvalue weighted by Crippen LogP contribution is 2.50. The fraction of sp³-hybridized carbons (Fsp3) is 0.370. The first-order valence-corrected chi connectivity index (χ1v) is 11.8. The van der Waals surface area contributed by atoms with Gasteiger partial charge in [-0.1, -0.05) is 30.2 Å². The number of anilines is 1. The van der Waals surface area contributed by atoms with Crippen LogP contribution in [0.1, 0.15) is 41.4 Å². The molecule has 0 radical (unpaired) electrons. The van der Waals surface area contributed by atoms with Crippen molar-refractivity contribution < 1.29 is 14.6 Å². The molecule has 1 fully saturated rings. The van der Waals surface area contributed by atoms with Crippen molar-refractivity contribution in [3.8, 4) is 23.5 Å². The van der Waals surface area contributed by atoms with Gasteiger partial charge in [0.05, 0.1) is 19.9 Å². The molecule has 3 heterocycles. The quantitative estimate of drug-likeness (QED) is 0.547. The van der Waals surface area contributed by atoms with E-state index in [0.29, 0.717) is 23.0 Å². The maximum absolute atomic E-state index is 9.97. The van der Waals surface area contributed by atoms with E-state index in [2.05, 4.69) is 56.0 Å². The van der Waals surface area contributed by atoms with Crippen molar-refractivity contribution in [1.29, 1.82) is 0 Å². The third kappa shape index (κ3) is 4.65. The lowest BCUT2D eigenvalue weighted by molar-refractivity contribution is 0.186. The normalized spacial score (nSPS) is 18.0. The Morgan fingerprint density at radius 1 is 1.20 bits per heavy atom. The van der Waals surface area contributed by atoms with Crippen LogP contribution in [-0.2, 0) is 13.0 Å². The lowest BCUT2D eigenvalue weighted by atomic mass is 9.73. The van der Waals surface area contributed by atoms with Crippen molar-refractivity contribution in [2.24, 2.45) is 11.1 Å². The number of piperidine rings is 1. The fourth-order valence-electron chi connectivity index (χ4n) is 5.16. The molecule has 180 valence electrons. The van der Waals surface area contributed by atoms with Gasteiger partial charge < -0.3 is 25.2 Å².